The van der Waals surface area contributed by atoms with Crippen LogP contribution in [0.3, 0.4) is 0 Å². The summed E-state index contributed by atoms with van der Waals surface area (Å²) in [6, 6.07) is 9.05. The van der Waals surface area contributed by atoms with Gasteiger partial charge in [0.15, 0.2) is 0 Å². The monoisotopic (exact) mass is 245 g/mol. The number of benzene rings is 1. The van der Waals surface area contributed by atoms with Crippen LogP contribution in [0.2, 0.25) is 0 Å². The topological polar surface area (TPSA) is 29.9 Å². The summed E-state index contributed by atoms with van der Waals surface area (Å²) in [7, 11) is 2.02. The first-order valence-corrected chi connectivity index (χ1v) is 6.82. The molecule has 1 N–H and O–H groups in total. The molecule has 0 unspecified atom stereocenters. The molecule has 0 saturated carbocycles. The predicted octanol–water partition coefficient (Wildman–Crippen LogP) is 2.89. The van der Waals surface area contributed by atoms with E-state index in [0.717, 1.165) is 13.0 Å². The van der Waals surface area contributed by atoms with Crippen LogP contribution in [0.15, 0.2) is 24.3 Å². The van der Waals surface area contributed by atoms with Gasteiger partial charge < -0.3 is 5.32 Å². The van der Waals surface area contributed by atoms with Crippen molar-refractivity contribution in [2.45, 2.75) is 39.2 Å². The number of hydrogen-bond acceptors (Lipinski definition) is 2. The first-order chi connectivity index (χ1) is 8.68. The Bertz CT molecular complexity index is 499. The van der Waals surface area contributed by atoms with Gasteiger partial charge in [0.1, 0.15) is 0 Å². The van der Waals surface area contributed by atoms with Crippen LogP contribution in [0, 0.1) is 0 Å². The van der Waals surface area contributed by atoms with Gasteiger partial charge in [0.05, 0.1) is 11.2 Å². The van der Waals surface area contributed by atoms with E-state index in [2.05, 4.69) is 48.5 Å². The summed E-state index contributed by atoms with van der Waals surface area (Å²) in [4.78, 5) is 0. The maximum absolute atomic E-state index is 4.62. The fourth-order valence-electron chi connectivity index (χ4n) is 2.28. The number of hydrogen-bond donors (Lipinski definition) is 1. The Morgan fingerprint density at radius 2 is 2.00 bits per heavy atom. The standard InChI is InChI=1S/C15H23N3/c1-12(2)16-11-7-6-9-14-13-8-4-5-10-15(13)18(3)17-14/h4-5,8,10,12,16H,6-7,9,11H2,1-3H3. The molecule has 3 nitrogen and oxygen atoms in total. The molecule has 0 aliphatic rings. The molecule has 0 atom stereocenters. The van der Waals surface area contributed by atoms with E-state index < -0.39 is 0 Å². The van der Waals surface area contributed by atoms with Crippen LogP contribution in [0.4, 0.5) is 0 Å². The van der Waals surface area contributed by atoms with Crippen LogP contribution in [-0.2, 0) is 13.5 Å². The zero-order valence-corrected chi connectivity index (χ0v) is 11.6. The third-order valence-corrected chi connectivity index (χ3v) is 3.23. The van der Waals surface area contributed by atoms with Gasteiger partial charge in [-0.05, 0) is 31.9 Å². The highest BCUT2D eigenvalue weighted by molar-refractivity contribution is 5.81. The van der Waals surface area contributed by atoms with Gasteiger partial charge in [0.25, 0.3) is 0 Å². The lowest BCUT2D eigenvalue weighted by Gasteiger charge is -2.06. The van der Waals surface area contributed by atoms with Gasteiger partial charge in [-0.1, -0.05) is 32.0 Å². The Hall–Kier alpha value is -1.35. The Morgan fingerprint density at radius 3 is 2.78 bits per heavy atom. The average molecular weight is 245 g/mol. The second-order valence-corrected chi connectivity index (χ2v) is 5.15. The van der Waals surface area contributed by atoms with Crippen molar-refractivity contribution >= 4 is 10.9 Å². The minimum Gasteiger partial charge on any atom is -0.315 e. The van der Waals surface area contributed by atoms with Gasteiger partial charge in [0.2, 0.25) is 0 Å². The van der Waals surface area contributed by atoms with Gasteiger partial charge in [-0.3, -0.25) is 4.68 Å². The SMILES string of the molecule is CC(C)NCCCCc1nn(C)c2ccccc12. The Morgan fingerprint density at radius 1 is 1.22 bits per heavy atom. The van der Waals surface area contributed by atoms with E-state index in [9.17, 15) is 0 Å². The van der Waals surface area contributed by atoms with E-state index >= 15 is 0 Å². The van der Waals surface area contributed by atoms with E-state index in [4.69, 9.17) is 0 Å². The van der Waals surface area contributed by atoms with E-state index in [1.54, 1.807) is 0 Å². The van der Waals surface area contributed by atoms with Crippen LogP contribution in [-0.4, -0.2) is 22.4 Å². The van der Waals surface area contributed by atoms with Gasteiger partial charge in [-0.2, -0.15) is 5.10 Å². The van der Waals surface area contributed by atoms with Crippen LogP contribution in [0.25, 0.3) is 10.9 Å². The average Bonchev–Trinajstić information content (AvgIpc) is 2.66. The summed E-state index contributed by atoms with van der Waals surface area (Å²) >= 11 is 0. The lowest BCUT2D eigenvalue weighted by Crippen LogP contribution is -2.23. The van der Waals surface area contributed by atoms with Crippen molar-refractivity contribution < 1.29 is 0 Å². The molecule has 3 heteroatoms. The third kappa shape index (κ3) is 3.10. The summed E-state index contributed by atoms with van der Waals surface area (Å²) in [5.41, 5.74) is 2.46. The molecule has 0 fully saturated rings. The fourth-order valence-corrected chi connectivity index (χ4v) is 2.28. The molecule has 2 aromatic rings. The van der Waals surface area contributed by atoms with Gasteiger partial charge >= 0.3 is 0 Å². The van der Waals surface area contributed by atoms with E-state index in [1.165, 1.54) is 29.4 Å². The molecule has 1 heterocycles. The lowest BCUT2D eigenvalue weighted by atomic mass is 10.1. The van der Waals surface area contributed by atoms with E-state index in [-0.39, 0.29) is 0 Å². The van der Waals surface area contributed by atoms with Crippen LogP contribution >= 0.6 is 0 Å². The summed E-state index contributed by atoms with van der Waals surface area (Å²) in [6.07, 6.45) is 3.48. The maximum Gasteiger partial charge on any atom is 0.0703 e. The van der Waals surface area contributed by atoms with Crippen LogP contribution < -0.4 is 5.32 Å². The third-order valence-electron chi connectivity index (χ3n) is 3.23. The lowest BCUT2D eigenvalue weighted by molar-refractivity contribution is 0.555. The Labute approximate surface area is 109 Å². The number of fused-ring (bicyclic) bond motifs is 1. The molecule has 1 aromatic heterocycles. The zero-order valence-electron chi connectivity index (χ0n) is 11.6. The summed E-state index contributed by atoms with van der Waals surface area (Å²) in [5, 5.41) is 9.37. The number of unbranched alkanes of at least 4 members (excludes halogenated alkanes) is 1. The Balaban J connectivity index is 1.92. The second-order valence-electron chi connectivity index (χ2n) is 5.15. The highest BCUT2D eigenvalue weighted by Gasteiger charge is 2.06. The van der Waals surface area contributed by atoms with Crippen LogP contribution in [0.5, 0.6) is 0 Å². The first kappa shape index (κ1) is 13.1. The summed E-state index contributed by atoms with van der Waals surface area (Å²) in [6.45, 7) is 5.47. The predicted molar refractivity (Wildman–Crippen MR) is 76.8 cm³/mol. The van der Waals surface area contributed by atoms with Crippen molar-refractivity contribution in [3.8, 4) is 0 Å². The molecule has 0 saturated heterocycles. The minimum atomic E-state index is 0.584. The summed E-state index contributed by atoms with van der Waals surface area (Å²) < 4.78 is 1.98. The molecule has 2 rings (SSSR count). The quantitative estimate of drug-likeness (QED) is 0.793. The number of para-hydroxylation sites is 1. The molecule has 1 aromatic carbocycles. The summed E-state index contributed by atoms with van der Waals surface area (Å²) in [5.74, 6) is 0. The van der Waals surface area contributed by atoms with Crippen molar-refractivity contribution in [2.75, 3.05) is 6.54 Å². The molecule has 0 aliphatic carbocycles. The normalized spacial score (nSPS) is 11.6. The van der Waals surface area contributed by atoms with Gasteiger partial charge in [0, 0.05) is 18.5 Å². The molecule has 0 spiro atoms. The smallest absolute Gasteiger partial charge is 0.0703 e. The molecule has 98 valence electrons. The second kappa shape index (κ2) is 6.01. The van der Waals surface area contributed by atoms with E-state index in [1.807, 2.05) is 11.7 Å². The van der Waals surface area contributed by atoms with Crippen molar-refractivity contribution in [2.24, 2.45) is 7.05 Å². The van der Waals surface area contributed by atoms with Crippen molar-refractivity contribution in [3.05, 3.63) is 30.0 Å². The minimum absolute atomic E-state index is 0.584. The maximum atomic E-state index is 4.62. The van der Waals surface area contributed by atoms with Gasteiger partial charge in [-0.15, -0.1) is 0 Å². The fraction of sp³-hybridized carbons (Fsp3) is 0.533. The number of nitrogens with one attached hydrogen (secondary N) is 1. The molecule has 0 bridgehead atoms. The highest BCUT2D eigenvalue weighted by Crippen LogP contribution is 2.18. The molecule has 0 aliphatic heterocycles. The number of aromatic nitrogens is 2. The largest absolute Gasteiger partial charge is 0.315 e. The van der Waals surface area contributed by atoms with Gasteiger partial charge in [-0.25, -0.2) is 0 Å². The number of aryl methyl sites for hydroxylation is 2. The molecular weight excluding hydrogens is 222 g/mol. The molecule has 18 heavy (non-hydrogen) atoms. The number of nitrogens with zero attached hydrogens (tertiary/aromatic N) is 2. The van der Waals surface area contributed by atoms with Crippen LogP contribution in [0.1, 0.15) is 32.4 Å². The van der Waals surface area contributed by atoms with E-state index in [0.29, 0.717) is 6.04 Å². The Kier molecular flexibility index (Phi) is 4.37. The highest BCUT2D eigenvalue weighted by atomic mass is 15.3. The first-order valence-electron chi connectivity index (χ1n) is 6.82. The van der Waals surface area contributed by atoms with Crippen molar-refractivity contribution in [3.63, 3.8) is 0 Å². The molecular formula is C15H23N3. The molecule has 0 amide bonds. The van der Waals surface area contributed by atoms with Crippen molar-refractivity contribution in [1.82, 2.24) is 15.1 Å². The van der Waals surface area contributed by atoms with Crippen molar-refractivity contribution in [1.29, 1.82) is 0 Å². The zero-order chi connectivity index (χ0) is 13.0. The molecule has 0 radical (unpaired) electrons. The number of rotatable bonds is 6.